The molecule has 0 saturated carbocycles. The van der Waals surface area contributed by atoms with Crippen molar-refractivity contribution >= 4 is 5.69 Å². The molecule has 0 aliphatic heterocycles. The fraction of sp³-hybridized carbons (Fsp3) is 0.364. The van der Waals surface area contributed by atoms with Crippen LogP contribution in [0.1, 0.15) is 6.42 Å². The number of halogens is 1. The average molecular weight is 207 g/mol. The third-order valence-electron chi connectivity index (χ3n) is 2.21. The maximum Gasteiger partial charge on any atom is 0.146 e. The van der Waals surface area contributed by atoms with E-state index in [1.807, 2.05) is 6.07 Å². The van der Waals surface area contributed by atoms with Crippen LogP contribution in [0.3, 0.4) is 0 Å². The third kappa shape index (κ3) is 3.22. The van der Waals surface area contributed by atoms with Gasteiger partial charge in [-0.2, -0.15) is 5.26 Å². The van der Waals surface area contributed by atoms with Crippen LogP contribution in [0.2, 0.25) is 0 Å². The molecule has 0 heterocycles. The zero-order chi connectivity index (χ0) is 11.3. The highest BCUT2D eigenvalue weighted by molar-refractivity contribution is 5.46. The van der Waals surface area contributed by atoms with E-state index >= 15 is 0 Å². The van der Waals surface area contributed by atoms with E-state index in [9.17, 15) is 4.39 Å². The number of nitrogens with zero attached hydrogens (tertiary/aromatic N) is 2. The number of benzene rings is 1. The number of para-hydroxylation sites is 1. The Kier molecular flexibility index (Phi) is 4.07. The van der Waals surface area contributed by atoms with Crippen LogP contribution in [-0.4, -0.2) is 19.6 Å². The van der Waals surface area contributed by atoms with Crippen molar-refractivity contribution in [2.45, 2.75) is 12.5 Å². The van der Waals surface area contributed by atoms with Gasteiger partial charge in [-0.1, -0.05) is 12.1 Å². The van der Waals surface area contributed by atoms with Gasteiger partial charge >= 0.3 is 0 Å². The number of rotatable bonds is 4. The second-order valence-corrected chi connectivity index (χ2v) is 3.40. The summed E-state index contributed by atoms with van der Waals surface area (Å²) in [6.07, 6.45) is 0.529. The van der Waals surface area contributed by atoms with Crippen molar-refractivity contribution in [3.05, 3.63) is 30.1 Å². The summed E-state index contributed by atoms with van der Waals surface area (Å²) in [7, 11) is 1.78. The minimum Gasteiger partial charge on any atom is -0.372 e. The van der Waals surface area contributed by atoms with Gasteiger partial charge in [0.2, 0.25) is 0 Å². The van der Waals surface area contributed by atoms with Crippen LogP contribution >= 0.6 is 0 Å². The van der Waals surface area contributed by atoms with Crippen molar-refractivity contribution < 1.29 is 4.39 Å². The summed E-state index contributed by atoms with van der Waals surface area (Å²) >= 11 is 0. The Morgan fingerprint density at radius 3 is 2.80 bits per heavy atom. The largest absolute Gasteiger partial charge is 0.372 e. The Hall–Kier alpha value is -1.60. The van der Waals surface area contributed by atoms with Crippen LogP contribution < -0.4 is 10.6 Å². The van der Waals surface area contributed by atoms with Crippen LogP contribution in [0, 0.1) is 17.1 Å². The molecule has 1 atom stereocenters. The fourth-order valence-electron chi connectivity index (χ4n) is 1.28. The number of nitriles is 1. The SMILES string of the molecule is CN(CCC(N)C#N)c1ccccc1F. The van der Waals surface area contributed by atoms with Crippen LogP contribution in [0.5, 0.6) is 0 Å². The highest BCUT2D eigenvalue weighted by Crippen LogP contribution is 2.16. The first-order chi connectivity index (χ1) is 7.15. The molecule has 2 N–H and O–H groups in total. The van der Waals surface area contributed by atoms with Crippen molar-refractivity contribution in [2.24, 2.45) is 5.73 Å². The minimum atomic E-state index is -0.487. The van der Waals surface area contributed by atoms with Crippen molar-refractivity contribution in [1.29, 1.82) is 5.26 Å². The van der Waals surface area contributed by atoms with Gasteiger partial charge in [0, 0.05) is 13.6 Å². The molecule has 0 saturated heterocycles. The normalized spacial score (nSPS) is 11.9. The lowest BCUT2D eigenvalue weighted by Gasteiger charge is -2.20. The summed E-state index contributed by atoms with van der Waals surface area (Å²) in [5, 5.41) is 8.51. The topological polar surface area (TPSA) is 53.0 Å². The maximum absolute atomic E-state index is 13.3. The molecule has 1 unspecified atom stereocenters. The third-order valence-corrected chi connectivity index (χ3v) is 2.21. The van der Waals surface area contributed by atoms with Gasteiger partial charge in [0.25, 0.3) is 0 Å². The molecule has 0 fully saturated rings. The standard InChI is InChI=1S/C11H14FN3/c1-15(7-6-9(14)8-13)11-5-3-2-4-10(11)12/h2-5,9H,6-7,14H2,1H3. The van der Waals surface area contributed by atoms with Gasteiger partial charge < -0.3 is 10.6 Å². The molecule has 1 aromatic rings. The average Bonchev–Trinajstić information content (AvgIpc) is 2.26. The first kappa shape index (κ1) is 11.5. The molecule has 0 aliphatic carbocycles. The van der Waals surface area contributed by atoms with Crippen molar-refractivity contribution in [3.8, 4) is 6.07 Å². The first-order valence-corrected chi connectivity index (χ1v) is 4.76. The van der Waals surface area contributed by atoms with E-state index in [-0.39, 0.29) is 5.82 Å². The molecule has 0 bridgehead atoms. The van der Waals surface area contributed by atoms with E-state index in [1.54, 1.807) is 30.1 Å². The lowest BCUT2D eigenvalue weighted by atomic mass is 10.2. The van der Waals surface area contributed by atoms with Gasteiger partial charge in [0.15, 0.2) is 0 Å². The predicted octanol–water partition coefficient (Wildman–Crippen LogP) is 1.50. The van der Waals surface area contributed by atoms with Gasteiger partial charge in [-0.3, -0.25) is 0 Å². The summed E-state index contributed by atoms with van der Waals surface area (Å²) in [4.78, 5) is 1.76. The van der Waals surface area contributed by atoms with E-state index in [0.717, 1.165) is 0 Å². The van der Waals surface area contributed by atoms with E-state index in [4.69, 9.17) is 11.0 Å². The summed E-state index contributed by atoms with van der Waals surface area (Å²) in [5.74, 6) is -0.259. The monoisotopic (exact) mass is 207 g/mol. The summed E-state index contributed by atoms with van der Waals surface area (Å²) < 4.78 is 13.3. The van der Waals surface area contributed by atoms with E-state index in [1.165, 1.54) is 6.07 Å². The number of hydrogen-bond donors (Lipinski definition) is 1. The molecule has 0 amide bonds. The quantitative estimate of drug-likeness (QED) is 0.814. The Labute approximate surface area is 88.9 Å². The molecule has 80 valence electrons. The minimum absolute atomic E-state index is 0.259. The van der Waals surface area contributed by atoms with Crippen LogP contribution in [0.4, 0.5) is 10.1 Å². The van der Waals surface area contributed by atoms with Crippen molar-refractivity contribution in [2.75, 3.05) is 18.5 Å². The van der Waals surface area contributed by atoms with Crippen LogP contribution in [0.25, 0.3) is 0 Å². The lowest BCUT2D eigenvalue weighted by molar-refractivity contribution is 0.617. The molecule has 0 radical (unpaired) electrons. The lowest BCUT2D eigenvalue weighted by Crippen LogP contribution is -2.27. The number of nitrogens with two attached hydrogens (primary N) is 1. The Balaban J connectivity index is 2.58. The Morgan fingerprint density at radius 1 is 1.53 bits per heavy atom. The highest BCUT2D eigenvalue weighted by Gasteiger charge is 2.07. The molecular weight excluding hydrogens is 193 g/mol. The summed E-state index contributed by atoms with van der Waals surface area (Å²) in [6.45, 7) is 0.565. The van der Waals surface area contributed by atoms with Crippen molar-refractivity contribution in [1.82, 2.24) is 0 Å². The number of anilines is 1. The van der Waals surface area contributed by atoms with Crippen LogP contribution in [-0.2, 0) is 0 Å². The van der Waals surface area contributed by atoms with E-state index in [0.29, 0.717) is 18.7 Å². The second-order valence-electron chi connectivity index (χ2n) is 3.40. The fourth-order valence-corrected chi connectivity index (χ4v) is 1.28. The molecule has 0 aromatic heterocycles. The zero-order valence-electron chi connectivity index (χ0n) is 8.65. The van der Waals surface area contributed by atoms with Crippen LogP contribution in [0.15, 0.2) is 24.3 Å². The van der Waals surface area contributed by atoms with Gasteiger partial charge in [-0.05, 0) is 18.6 Å². The van der Waals surface area contributed by atoms with E-state index < -0.39 is 6.04 Å². The smallest absolute Gasteiger partial charge is 0.146 e. The van der Waals surface area contributed by atoms with Gasteiger partial charge in [0.1, 0.15) is 5.82 Å². The van der Waals surface area contributed by atoms with E-state index in [2.05, 4.69) is 0 Å². The first-order valence-electron chi connectivity index (χ1n) is 4.76. The molecule has 0 spiro atoms. The van der Waals surface area contributed by atoms with Gasteiger partial charge in [-0.25, -0.2) is 4.39 Å². The molecule has 0 aliphatic rings. The number of hydrogen-bond acceptors (Lipinski definition) is 3. The van der Waals surface area contributed by atoms with Crippen molar-refractivity contribution in [3.63, 3.8) is 0 Å². The molecular formula is C11H14FN3. The molecule has 1 rings (SSSR count). The van der Waals surface area contributed by atoms with Gasteiger partial charge in [-0.15, -0.1) is 0 Å². The molecule has 4 heteroatoms. The summed E-state index contributed by atoms with van der Waals surface area (Å²) in [6, 6.07) is 7.99. The molecule has 3 nitrogen and oxygen atoms in total. The predicted molar refractivity (Wildman–Crippen MR) is 57.9 cm³/mol. The Bertz CT molecular complexity index is 359. The summed E-state index contributed by atoms with van der Waals surface area (Å²) in [5.41, 5.74) is 5.99. The maximum atomic E-state index is 13.3. The molecule has 1 aromatic carbocycles. The highest BCUT2D eigenvalue weighted by atomic mass is 19.1. The molecule has 15 heavy (non-hydrogen) atoms. The second kappa shape index (κ2) is 5.32. The van der Waals surface area contributed by atoms with Gasteiger partial charge in [0.05, 0.1) is 17.8 Å². The zero-order valence-corrected chi connectivity index (χ0v) is 8.65. The Morgan fingerprint density at radius 2 is 2.20 bits per heavy atom.